The number of nitrogens with zero attached hydrogens (tertiary/aromatic N) is 1. The van der Waals surface area contributed by atoms with Crippen molar-refractivity contribution in [3.8, 4) is 11.5 Å². The number of hydrogen-bond acceptors (Lipinski definition) is 4. The predicted octanol–water partition coefficient (Wildman–Crippen LogP) is 1.50. The Morgan fingerprint density at radius 1 is 1.55 bits per heavy atom. The first-order chi connectivity index (χ1) is 12.4. The molecule has 1 aromatic carbocycles. The zero-order chi connectivity index (χ0) is 18.4. The summed E-state index contributed by atoms with van der Waals surface area (Å²) >= 11 is 0. The Bertz CT molecular complexity index is 846. The van der Waals surface area contributed by atoms with Crippen molar-refractivity contribution in [2.45, 2.75) is 36.5 Å². The zero-order valence-corrected chi connectivity index (χ0v) is 12.7. The van der Waals surface area contributed by atoms with E-state index in [0.717, 1.165) is 24.1 Å². The topological polar surface area (TPSA) is 41.9 Å². The number of aliphatic hydroxyl groups is 1. The van der Waals surface area contributed by atoms with Crippen molar-refractivity contribution >= 4 is 0 Å². The lowest BCUT2D eigenvalue weighted by atomic mass is 9.53. The Morgan fingerprint density at radius 3 is 3.27 bits per heavy atom. The smallest absolute Gasteiger partial charge is 0.211 e. The fourth-order valence-electron chi connectivity index (χ4n) is 5.06. The van der Waals surface area contributed by atoms with E-state index < -0.39 is 17.6 Å². The van der Waals surface area contributed by atoms with Crippen molar-refractivity contribution in [3.63, 3.8) is 0 Å². The number of likely N-dealkylation sites (tertiary alicyclic amines) is 1. The molecule has 2 bridgehead atoms. The highest BCUT2D eigenvalue weighted by atomic mass is 16.5. The molecule has 1 fully saturated rings. The van der Waals surface area contributed by atoms with E-state index in [4.69, 9.17) is 20.1 Å². The van der Waals surface area contributed by atoms with E-state index in [1.54, 1.807) is 6.08 Å². The van der Waals surface area contributed by atoms with Gasteiger partial charge in [-0.2, -0.15) is 0 Å². The van der Waals surface area contributed by atoms with Crippen LogP contribution in [0.1, 0.15) is 21.7 Å². The molecule has 1 aromatic rings. The summed E-state index contributed by atoms with van der Waals surface area (Å²) in [6, 6.07) is 0.377. The second-order valence-electron chi connectivity index (χ2n) is 6.79. The van der Waals surface area contributed by atoms with Gasteiger partial charge in [0.05, 0.1) is 11.2 Å². The SMILES string of the molecule is [2H]OC1([2H])C=C[C@H]2[C@H]3Cc4c([2H])c([2H])c(OC)c5c4[C@@]2(CCN3C)C1O5. The maximum absolute atomic E-state index is 8.69. The maximum atomic E-state index is 8.69. The van der Waals surface area contributed by atoms with Crippen LogP contribution in [0.5, 0.6) is 11.5 Å². The highest BCUT2D eigenvalue weighted by Crippen LogP contribution is 2.62. The molecule has 2 aliphatic carbocycles. The molecule has 2 heterocycles. The van der Waals surface area contributed by atoms with Gasteiger partial charge in [-0.1, -0.05) is 18.2 Å². The summed E-state index contributed by atoms with van der Waals surface area (Å²) < 4.78 is 44.8. The number of likely N-dealkylation sites (N-methyl/N-ethyl adjacent to an activating group) is 1. The Labute approximate surface area is 136 Å². The quantitative estimate of drug-likeness (QED) is 0.841. The van der Waals surface area contributed by atoms with Crippen LogP contribution in [0, 0.1) is 5.92 Å². The van der Waals surface area contributed by atoms with E-state index in [1.165, 1.54) is 7.11 Å². The molecule has 2 unspecified atom stereocenters. The summed E-state index contributed by atoms with van der Waals surface area (Å²) in [5.74, 6) is 0.842. The summed E-state index contributed by atoms with van der Waals surface area (Å²) in [6.45, 7) is 0.847. The second-order valence-corrected chi connectivity index (χ2v) is 6.79. The van der Waals surface area contributed by atoms with Crippen LogP contribution in [0.2, 0.25) is 0 Å². The molecule has 1 saturated heterocycles. The molecule has 4 nitrogen and oxygen atoms in total. The molecule has 22 heavy (non-hydrogen) atoms. The van der Waals surface area contributed by atoms with Gasteiger partial charge in [0.2, 0.25) is 1.43 Å². The molecule has 4 aliphatic rings. The first-order valence-corrected chi connectivity index (χ1v) is 7.80. The summed E-state index contributed by atoms with van der Waals surface area (Å²) in [4.78, 5) is 2.30. The lowest BCUT2D eigenvalue weighted by Gasteiger charge is -2.56. The van der Waals surface area contributed by atoms with Crippen LogP contribution in [0.3, 0.4) is 0 Å². The minimum absolute atomic E-state index is 0.0193. The average molecular weight is 303 g/mol. The van der Waals surface area contributed by atoms with Gasteiger partial charge in [-0.3, -0.25) is 0 Å². The largest absolute Gasteiger partial charge is 0.493 e. The molecule has 0 amide bonds. The Hall–Kier alpha value is -1.52. The Balaban J connectivity index is 1.87. The maximum Gasteiger partial charge on any atom is 0.211 e. The number of hydrogen-bond donors (Lipinski definition) is 1. The van der Waals surface area contributed by atoms with Crippen LogP contribution in [0.4, 0.5) is 0 Å². The lowest BCUT2D eigenvalue weighted by molar-refractivity contribution is -0.0453. The third kappa shape index (κ3) is 1.28. The fourth-order valence-corrected chi connectivity index (χ4v) is 5.06. The van der Waals surface area contributed by atoms with Gasteiger partial charge in [0.1, 0.15) is 12.2 Å². The Kier molecular flexibility index (Phi) is 1.77. The summed E-state index contributed by atoms with van der Waals surface area (Å²) in [6.07, 6.45) is 2.75. The molecule has 1 N–H and O–H groups in total. The van der Waals surface area contributed by atoms with E-state index in [0.29, 0.717) is 12.2 Å². The molecule has 0 saturated carbocycles. The van der Waals surface area contributed by atoms with Crippen LogP contribution >= 0.6 is 0 Å². The molecule has 5 atom stereocenters. The monoisotopic (exact) mass is 303 g/mol. The molecule has 2 aliphatic heterocycles. The minimum atomic E-state index is -1.63. The van der Waals surface area contributed by atoms with Gasteiger partial charge >= 0.3 is 0 Å². The molecule has 116 valence electrons. The van der Waals surface area contributed by atoms with Crippen molar-refractivity contribution in [2.75, 3.05) is 20.7 Å². The first kappa shape index (κ1) is 9.58. The third-order valence-electron chi connectivity index (χ3n) is 6.03. The fraction of sp³-hybridized carbons (Fsp3) is 0.556. The van der Waals surface area contributed by atoms with E-state index >= 15 is 0 Å². The Morgan fingerprint density at radius 2 is 2.45 bits per heavy atom. The zero-order valence-electron chi connectivity index (χ0n) is 16.7. The summed E-state index contributed by atoms with van der Waals surface area (Å²) in [7, 11) is 3.56. The standard InChI is InChI=1S/C18H21NO3/c1-19-8-7-18-11-4-5-13(20)17(18)22-16-14(21-2)6-3-10(15(16)18)9-12(11)19/h3-6,11-13,17,20H,7-9H2,1-2H3/t11-,12+,13?,17?,18-/m0/s1/i3D,6D,13D,20D. The number of ether oxygens (including phenoxy) is 2. The van der Waals surface area contributed by atoms with Crippen molar-refractivity contribution in [1.29, 1.82) is 1.43 Å². The van der Waals surface area contributed by atoms with Gasteiger partial charge in [-0.15, -0.1) is 0 Å². The third-order valence-corrected chi connectivity index (χ3v) is 6.03. The van der Waals surface area contributed by atoms with Gasteiger partial charge in [0.15, 0.2) is 11.5 Å². The van der Waals surface area contributed by atoms with Crippen LogP contribution in [0.15, 0.2) is 24.2 Å². The summed E-state index contributed by atoms with van der Waals surface area (Å²) in [5, 5.41) is 4.84. The normalized spacial score (nSPS) is 46.9. The highest BCUT2D eigenvalue weighted by Gasteiger charge is 2.64. The number of methoxy groups -OCH3 is 1. The van der Waals surface area contributed by atoms with Gasteiger partial charge in [-0.05, 0) is 38.0 Å². The van der Waals surface area contributed by atoms with E-state index in [9.17, 15) is 0 Å². The van der Waals surface area contributed by atoms with Crippen LogP contribution in [-0.2, 0) is 11.8 Å². The average Bonchev–Trinajstić information content (AvgIpc) is 2.98. The van der Waals surface area contributed by atoms with Gasteiger partial charge < -0.3 is 19.5 Å². The highest BCUT2D eigenvalue weighted by molar-refractivity contribution is 5.62. The van der Waals surface area contributed by atoms with Crippen LogP contribution in [-0.4, -0.2) is 50.4 Å². The molecule has 0 radical (unpaired) electrons. The van der Waals surface area contributed by atoms with E-state index in [2.05, 4.69) is 11.9 Å². The molecule has 5 rings (SSSR count). The lowest BCUT2D eigenvalue weighted by Crippen LogP contribution is -2.64. The molecule has 1 spiro atoms. The van der Waals surface area contributed by atoms with Crippen LogP contribution < -0.4 is 9.47 Å². The summed E-state index contributed by atoms with van der Waals surface area (Å²) in [5.41, 5.74) is 1.21. The van der Waals surface area contributed by atoms with Crippen molar-refractivity contribution in [3.05, 3.63) is 35.4 Å². The van der Waals surface area contributed by atoms with Crippen molar-refractivity contribution in [1.82, 2.24) is 4.90 Å². The van der Waals surface area contributed by atoms with E-state index in [1.807, 2.05) is 6.08 Å². The predicted molar refractivity (Wildman–Crippen MR) is 82.5 cm³/mol. The molecular formula is C18H21NO3. The van der Waals surface area contributed by atoms with Gasteiger partial charge in [0.25, 0.3) is 0 Å². The molecule has 4 heteroatoms. The van der Waals surface area contributed by atoms with Crippen molar-refractivity contribution < 1.29 is 18.7 Å². The molecular weight excluding hydrogens is 278 g/mol. The van der Waals surface area contributed by atoms with Crippen molar-refractivity contribution in [2.24, 2.45) is 5.92 Å². The van der Waals surface area contributed by atoms with Gasteiger partial charge in [0, 0.05) is 22.9 Å². The number of benzene rings is 1. The van der Waals surface area contributed by atoms with Crippen LogP contribution in [0.25, 0.3) is 0 Å². The van der Waals surface area contributed by atoms with Gasteiger partial charge in [-0.25, -0.2) is 0 Å². The van der Waals surface area contributed by atoms with E-state index in [-0.39, 0.29) is 29.8 Å². The minimum Gasteiger partial charge on any atom is -0.493 e. The second kappa shape index (κ2) is 4.06. The molecule has 0 aromatic heterocycles. The number of rotatable bonds is 2. The number of piperidine rings is 1. The first-order valence-electron chi connectivity index (χ1n) is 9.71.